The lowest BCUT2D eigenvalue weighted by Crippen LogP contribution is -2.09. The molecule has 0 fully saturated rings. The van der Waals surface area contributed by atoms with Gasteiger partial charge < -0.3 is 4.42 Å². The van der Waals surface area contributed by atoms with Gasteiger partial charge in [0.15, 0.2) is 5.69 Å². The van der Waals surface area contributed by atoms with Gasteiger partial charge in [0.05, 0.1) is 22.6 Å². The molecule has 0 saturated carbocycles. The Morgan fingerprint density at radius 1 is 0.933 bits per heavy atom. The van der Waals surface area contributed by atoms with Crippen LogP contribution in [0.25, 0.3) is 28.5 Å². The zero-order valence-corrected chi connectivity index (χ0v) is 19.3. The van der Waals surface area contributed by atoms with E-state index >= 15 is 0 Å². The molecule has 0 radical (unpaired) electrons. The van der Waals surface area contributed by atoms with Gasteiger partial charge in [-0.3, -0.25) is 0 Å². The molecule has 0 aliphatic carbocycles. The van der Waals surface area contributed by atoms with Crippen LogP contribution >= 0.6 is 34.8 Å². The second kappa shape index (κ2) is 7.77. The van der Waals surface area contributed by atoms with Gasteiger partial charge in [0, 0.05) is 26.6 Å². The number of rotatable bonds is 3. The molecule has 0 amide bonds. The van der Waals surface area contributed by atoms with Crippen molar-refractivity contribution >= 4 is 34.8 Å². The molecule has 2 aromatic carbocycles. The van der Waals surface area contributed by atoms with E-state index in [1.165, 1.54) is 0 Å². The summed E-state index contributed by atoms with van der Waals surface area (Å²) in [5, 5.41) is 6.55. The van der Waals surface area contributed by atoms with Crippen molar-refractivity contribution in [3.8, 4) is 28.5 Å². The van der Waals surface area contributed by atoms with E-state index in [1.807, 2.05) is 37.3 Å². The fourth-order valence-electron chi connectivity index (χ4n) is 3.20. The molecule has 0 bridgehead atoms. The van der Waals surface area contributed by atoms with E-state index in [4.69, 9.17) is 44.3 Å². The molecular formula is C23H20Cl3N3O. The summed E-state index contributed by atoms with van der Waals surface area (Å²) in [6.45, 7) is 8.23. The Morgan fingerprint density at radius 3 is 2.20 bits per heavy atom. The highest BCUT2D eigenvalue weighted by atomic mass is 35.5. The monoisotopic (exact) mass is 459 g/mol. The highest BCUT2D eigenvalue weighted by Crippen LogP contribution is 2.37. The van der Waals surface area contributed by atoms with Crippen molar-refractivity contribution in [2.24, 2.45) is 0 Å². The largest absolute Gasteiger partial charge is 0.439 e. The van der Waals surface area contributed by atoms with Crippen LogP contribution in [0.5, 0.6) is 0 Å². The first-order valence-electron chi connectivity index (χ1n) is 9.43. The fourth-order valence-corrected chi connectivity index (χ4v) is 3.82. The summed E-state index contributed by atoms with van der Waals surface area (Å²) < 4.78 is 7.86. The van der Waals surface area contributed by atoms with Gasteiger partial charge in [0.25, 0.3) is 0 Å². The lowest BCUT2D eigenvalue weighted by atomic mass is 9.94. The van der Waals surface area contributed by atoms with Crippen LogP contribution in [0.15, 0.2) is 53.1 Å². The van der Waals surface area contributed by atoms with E-state index < -0.39 is 0 Å². The van der Waals surface area contributed by atoms with E-state index in [1.54, 1.807) is 23.0 Å². The standard InChI is InChI=1S/C23H20Cl3N3O/c1-13-20(22-27-12-19(30-22)23(2,3)4)28-29(18-10-9-16(25)11-17(18)26)21(13)14-5-7-15(24)8-6-14/h5-12H,1-4H3. The molecule has 0 aliphatic rings. The van der Waals surface area contributed by atoms with Gasteiger partial charge in [-0.1, -0.05) is 67.7 Å². The predicted molar refractivity (Wildman–Crippen MR) is 123 cm³/mol. The van der Waals surface area contributed by atoms with Crippen LogP contribution in [-0.4, -0.2) is 14.8 Å². The third-order valence-electron chi connectivity index (χ3n) is 4.83. The number of nitrogens with zero attached hydrogens (tertiary/aromatic N) is 3. The number of aromatic nitrogens is 3. The molecule has 4 nitrogen and oxygen atoms in total. The first-order chi connectivity index (χ1) is 14.1. The van der Waals surface area contributed by atoms with E-state index in [0.29, 0.717) is 32.3 Å². The minimum Gasteiger partial charge on any atom is -0.439 e. The second-order valence-electron chi connectivity index (χ2n) is 8.12. The Hall–Kier alpha value is -2.27. The zero-order chi connectivity index (χ0) is 21.6. The topological polar surface area (TPSA) is 43.9 Å². The summed E-state index contributed by atoms with van der Waals surface area (Å²) in [5.41, 5.74) is 3.96. The fraction of sp³-hybridized carbons (Fsp3) is 0.217. The van der Waals surface area contributed by atoms with Crippen molar-refractivity contribution in [1.82, 2.24) is 14.8 Å². The smallest absolute Gasteiger partial charge is 0.247 e. The molecule has 4 aromatic rings. The molecule has 2 heterocycles. The van der Waals surface area contributed by atoms with E-state index in [0.717, 1.165) is 22.6 Å². The van der Waals surface area contributed by atoms with Gasteiger partial charge in [-0.2, -0.15) is 5.10 Å². The first-order valence-corrected chi connectivity index (χ1v) is 10.6. The second-order valence-corrected chi connectivity index (χ2v) is 9.40. The van der Waals surface area contributed by atoms with Crippen LogP contribution in [0.1, 0.15) is 32.1 Å². The SMILES string of the molecule is Cc1c(-c2ncc(C(C)(C)C)o2)nn(-c2ccc(Cl)cc2Cl)c1-c1ccc(Cl)cc1. The highest BCUT2D eigenvalue weighted by Gasteiger charge is 2.25. The molecule has 0 spiro atoms. The van der Waals surface area contributed by atoms with Crippen LogP contribution in [-0.2, 0) is 5.41 Å². The quantitative estimate of drug-likeness (QED) is 0.314. The van der Waals surface area contributed by atoms with Gasteiger partial charge in [-0.05, 0) is 37.3 Å². The Morgan fingerprint density at radius 2 is 1.60 bits per heavy atom. The molecule has 7 heteroatoms. The van der Waals surface area contributed by atoms with Crippen LogP contribution in [0, 0.1) is 6.92 Å². The average Bonchev–Trinajstić information content (AvgIpc) is 3.28. The molecule has 0 saturated heterocycles. The number of oxazole rings is 1. The van der Waals surface area contributed by atoms with Crippen molar-refractivity contribution in [2.45, 2.75) is 33.1 Å². The van der Waals surface area contributed by atoms with Crippen molar-refractivity contribution in [3.63, 3.8) is 0 Å². The Kier molecular flexibility index (Phi) is 5.43. The summed E-state index contributed by atoms with van der Waals surface area (Å²) in [7, 11) is 0. The minimum atomic E-state index is -0.153. The molecule has 30 heavy (non-hydrogen) atoms. The van der Waals surface area contributed by atoms with Crippen LogP contribution in [0.3, 0.4) is 0 Å². The summed E-state index contributed by atoms with van der Waals surface area (Å²) >= 11 is 18.7. The van der Waals surface area contributed by atoms with Gasteiger partial charge in [-0.15, -0.1) is 0 Å². The summed E-state index contributed by atoms with van der Waals surface area (Å²) in [6, 6.07) is 12.9. The third kappa shape index (κ3) is 3.87. The van der Waals surface area contributed by atoms with E-state index in [-0.39, 0.29) is 5.41 Å². The minimum absolute atomic E-state index is 0.153. The molecule has 0 unspecified atom stereocenters. The summed E-state index contributed by atoms with van der Waals surface area (Å²) in [6.07, 6.45) is 1.75. The average molecular weight is 461 g/mol. The van der Waals surface area contributed by atoms with Gasteiger partial charge in [-0.25, -0.2) is 9.67 Å². The van der Waals surface area contributed by atoms with Crippen LogP contribution in [0.4, 0.5) is 0 Å². The number of halogens is 3. The van der Waals surface area contributed by atoms with Crippen molar-refractivity contribution in [2.75, 3.05) is 0 Å². The highest BCUT2D eigenvalue weighted by molar-refractivity contribution is 6.35. The van der Waals surface area contributed by atoms with Crippen molar-refractivity contribution < 1.29 is 4.42 Å². The first kappa shape index (κ1) is 21.0. The zero-order valence-electron chi connectivity index (χ0n) is 17.0. The van der Waals surface area contributed by atoms with Crippen LogP contribution < -0.4 is 0 Å². The molecular weight excluding hydrogens is 441 g/mol. The van der Waals surface area contributed by atoms with Crippen molar-refractivity contribution in [3.05, 3.63) is 75.1 Å². The summed E-state index contributed by atoms with van der Waals surface area (Å²) in [5.74, 6) is 1.26. The molecule has 0 N–H and O–H groups in total. The van der Waals surface area contributed by atoms with E-state index in [9.17, 15) is 0 Å². The number of hydrogen-bond donors (Lipinski definition) is 0. The Balaban J connectivity index is 1.95. The maximum Gasteiger partial charge on any atom is 0.247 e. The normalized spacial score (nSPS) is 11.8. The summed E-state index contributed by atoms with van der Waals surface area (Å²) in [4.78, 5) is 4.49. The van der Waals surface area contributed by atoms with Crippen LogP contribution in [0.2, 0.25) is 15.1 Å². The Bertz CT molecular complexity index is 1220. The lowest BCUT2D eigenvalue weighted by molar-refractivity contribution is 0.415. The number of benzene rings is 2. The molecule has 0 aliphatic heterocycles. The number of hydrogen-bond acceptors (Lipinski definition) is 3. The molecule has 154 valence electrons. The van der Waals surface area contributed by atoms with Crippen molar-refractivity contribution in [1.29, 1.82) is 0 Å². The predicted octanol–water partition coefficient (Wildman–Crippen LogP) is 7.76. The maximum atomic E-state index is 6.51. The lowest BCUT2D eigenvalue weighted by Gasteiger charge is -2.12. The molecule has 4 rings (SSSR count). The third-order valence-corrected chi connectivity index (χ3v) is 5.62. The van der Waals surface area contributed by atoms with E-state index in [2.05, 4.69) is 25.8 Å². The van der Waals surface area contributed by atoms with Gasteiger partial charge in [0.1, 0.15) is 5.76 Å². The van der Waals surface area contributed by atoms with Gasteiger partial charge >= 0.3 is 0 Å². The Labute approximate surface area is 190 Å². The molecule has 0 atom stereocenters. The van der Waals surface area contributed by atoms with Gasteiger partial charge in [0.2, 0.25) is 5.89 Å². The molecule has 2 aromatic heterocycles. The maximum absolute atomic E-state index is 6.51.